The van der Waals surface area contributed by atoms with Crippen molar-refractivity contribution in [2.45, 2.75) is 6.42 Å². The van der Waals surface area contributed by atoms with Crippen LogP contribution in [0.1, 0.15) is 12.0 Å². The van der Waals surface area contributed by atoms with Gasteiger partial charge in [0.1, 0.15) is 11.6 Å². The highest BCUT2D eigenvalue weighted by atomic mass is 19.1. The number of aromatic nitrogens is 2. The first-order valence-electron chi connectivity index (χ1n) is 9.41. The van der Waals surface area contributed by atoms with Gasteiger partial charge in [0.15, 0.2) is 5.82 Å². The molecule has 0 fully saturated rings. The Hall–Kier alpha value is -4.18. The van der Waals surface area contributed by atoms with Crippen LogP contribution in [0.2, 0.25) is 0 Å². The molecule has 1 aromatic carbocycles. The Morgan fingerprint density at radius 2 is 2.13 bits per heavy atom. The minimum atomic E-state index is -0.428. The van der Waals surface area contributed by atoms with E-state index < -0.39 is 5.82 Å². The predicted octanol–water partition coefficient (Wildman–Crippen LogP) is 4.87. The molecule has 6 nitrogen and oxygen atoms in total. The van der Waals surface area contributed by atoms with E-state index in [1.807, 2.05) is 41.4 Å². The van der Waals surface area contributed by atoms with Gasteiger partial charge in [-0.1, -0.05) is 24.8 Å². The lowest BCUT2D eigenvalue weighted by Crippen LogP contribution is -2.29. The van der Waals surface area contributed by atoms with E-state index in [1.165, 1.54) is 12.3 Å². The molecule has 2 N–H and O–H groups in total. The number of halogens is 1. The van der Waals surface area contributed by atoms with Crippen LogP contribution in [-0.2, 0) is 0 Å². The number of hydrogen-bond acceptors (Lipinski definition) is 6. The standard InChI is InChI=1S/C23H19FN6/c1-16(28-20-12-19(24)14-26-15-20)30-10-3-2-9-27-22-8-7-21(29-23(22)30)18-6-4-5-17(11-18)13-25/h2,4-9,11-12,14-15,27-28H,1,3,10H2/b9-2-. The molecule has 0 amide bonds. The van der Waals surface area contributed by atoms with Gasteiger partial charge in [-0.15, -0.1) is 0 Å². The molecule has 3 aromatic rings. The van der Waals surface area contributed by atoms with E-state index in [2.05, 4.69) is 28.3 Å². The molecule has 1 aliphatic rings. The average molecular weight is 398 g/mol. The fraction of sp³-hybridized carbons (Fsp3) is 0.0870. The molecule has 2 aromatic heterocycles. The van der Waals surface area contributed by atoms with Gasteiger partial charge in [-0.3, -0.25) is 4.98 Å². The highest BCUT2D eigenvalue weighted by Gasteiger charge is 2.18. The third-order valence-electron chi connectivity index (χ3n) is 4.61. The van der Waals surface area contributed by atoms with Gasteiger partial charge in [0.25, 0.3) is 0 Å². The Kier molecular flexibility index (Phi) is 5.39. The second-order valence-electron chi connectivity index (χ2n) is 6.71. The van der Waals surface area contributed by atoms with Crippen molar-refractivity contribution in [3.63, 3.8) is 0 Å². The molecule has 7 heteroatoms. The SMILES string of the molecule is C=C(Nc1cncc(F)c1)N1CC/C=C\Nc2ccc(-c3cccc(C#N)c3)nc21. The number of nitrogens with one attached hydrogen (secondary N) is 2. The van der Waals surface area contributed by atoms with Crippen molar-refractivity contribution < 1.29 is 4.39 Å². The number of rotatable bonds is 4. The van der Waals surface area contributed by atoms with Crippen LogP contribution in [0.15, 0.2) is 79.5 Å². The summed E-state index contributed by atoms with van der Waals surface area (Å²) in [5.41, 5.74) is 3.48. The quantitative estimate of drug-likeness (QED) is 0.653. The Labute approximate surface area is 174 Å². The van der Waals surface area contributed by atoms with Crippen LogP contribution in [0.4, 0.5) is 21.6 Å². The lowest BCUT2D eigenvalue weighted by atomic mass is 10.1. The number of nitriles is 1. The number of pyridine rings is 2. The molecule has 1 aliphatic heterocycles. The normalized spacial score (nSPS) is 13.8. The van der Waals surface area contributed by atoms with Crippen molar-refractivity contribution in [2.24, 2.45) is 0 Å². The topological polar surface area (TPSA) is 76.9 Å². The summed E-state index contributed by atoms with van der Waals surface area (Å²) in [6.07, 6.45) is 7.37. The molecule has 0 spiro atoms. The third-order valence-corrected chi connectivity index (χ3v) is 4.61. The molecule has 0 unspecified atom stereocenters. The molecule has 148 valence electrons. The highest BCUT2D eigenvalue weighted by molar-refractivity contribution is 5.75. The van der Waals surface area contributed by atoms with Crippen molar-refractivity contribution in [2.75, 3.05) is 22.1 Å². The van der Waals surface area contributed by atoms with Crippen LogP contribution in [0.5, 0.6) is 0 Å². The molecule has 0 saturated carbocycles. The van der Waals surface area contributed by atoms with Gasteiger partial charge < -0.3 is 15.5 Å². The van der Waals surface area contributed by atoms with E-state index in [0.717, 1.165) is 29.6 Å². The summed E-state index contributed by atoms with van der Waals surface area (Å²) in [7, 11) is 0. The van der Waals surface area contributed by atoms with Crippen molar-refractivity contribution >= 4 is 17.2 Å². The maximum Gasteiger partial charge on any atom is 0.158 e. The van der Waals surface area contributed by atoms with Crippen LogP contribution >= 0.6 is 0 Å². The Morgan fingerprint density at radius 1 is 1.23 bits per heavy atom. The van der Waals surface area contributed by atoms with Crippen molar-refractivity contribution in [3.05, 3.63) is 90.9 Å². The maximum atomic E-state index is 13.5. The third kappa shape index (κ3) is 4.13. The Balaban J connectivity index is 1.71. The van der Waals surface area contributed by atoms with Crippen molar-refractivity contribution in [3.8, 4) is 17.3 Å². The Bertz CT molecular complexity index is 1160. The van der Waals surface area contributed by atoms with Crippen LogP contribution < -0.4 is 15.5 Å². The van der Waals surface area contributed by atoms with Crippen LogP contribution in [0.3, 0.4) is 0 Å². The number of nitrogens with zero attached hydrogens (tertiary/aromatic N) is 4. The van der Waals surface area contributed by atoms with E-state index in [9.17, 15) is 9.65 Å². The summed E-state index contributed by atoms with van der Waals surface area (Å²) in [5, 5.41) is 15.6. The minimum Gasteiger partial charge on any atom is -0.359 e. The summed E-state index contributed by atoms with van der Waals surface area (Å²) in [5.74, 6) is 0.806. The largest absolute Gasteiger partial charge is 0.359 e. The lowest BCUT2D eigenvalue weighted by Gasteiger charge is -2.29. The van der Waals surface area contributed by atoms with E-state index in [-0.39, 0.29) is 0 Å². The first-order chi connectivity index (χ1) is 14.6. The average Bonchev–Trinajstić information content (AvgIpc) is 2.74. The molecule has 0 radical (unpaired) electrons. The zero-order chi connectivity index (χ0) is 20.9. The molecular formula is C23H19FN6. The van der Waals surface area contributed by atoms with Gasteiger partial charge in [0.05, 0.1) is 41.1 Å². The van der Waals surface area contributed by atoms with Crippen molar-refractivity contribution in [1.29, 1.82) is 5.26 Å². The van der Waals surface area contributed by atoms with E-state index in [0.29, 0.717) is 29.4 Å². The Morgan fingerprint density at radius 3 is 2.97 bits per heavy atom. The van der Waals surface area contributed by atoms with Gasteiger partial charge in [-0.2, -0.15) is 5.26 Å². The summed E-state index contributed by atoms with van der Waals surface area (Å²) >= 11 is 0. The van der Waals surface area contributed by atoms with E-state index in [1.54, 1.807) is 12.1 Å². The molecule has 4 rings (SSSR count). The number of benzene rings is 1. The van der Waals surface area contributed by atoms with Gasteiger partial charge >= 0.3 is 0 Å². The zero-order valence-electron chi connectivity index (χ0n) is 16.1. The fourth-order valence-electron chi connectivity index (χ4n) is 3.19. The van der Waals surface area contributed by atoms with Gasteiger partial charge in [0, 0.05) is 18.2 Å². The number of fused-ring (bicyclic) bond motifs is 1. The van der Waals surface area contributed by atoms with E-state index in [4.69, 9.17) is 4.98 Å². The molecule has 3 heterocycles. The zero-order valence-corrected chi connectivity index (χ0v) is 16.1. The fourth-order valence-corrected chi connectivity index (χ4v) is 3.19. The van der Waals surface area contributed by atoms with Crippen LogP contribution in [0, 0.1) is 17.1 Å². The number of anilines is 3. The monoisotopic (exact) mass is 398 g/mol. The molecule has 0 atom stereocenters. The summed E-state index contributed by atoms with van der Waals surface area (Å²) in [6.45, 7) is 4.77. The van der Waals surface area contributed by atoms with Gasteiger partial charge in [0.2, 0.25) is 0 Å². The minimum absolute atomic E-state index is 0.428. The summed E-state index contributed by atoms with van der Waals surface area (Å²) < 4.78 is 13.5. The second-order valence-corrected chi connectivity index (χ2v) is 6.71. The first kappa shape index (κ1) is 19.2. The molecule has 0 saturated heterocycles. The smallest absolute Gasteiger partial charge is 0.158 e. The van der Waals surface area contributed by atoms with Crippen LogP contribution in [-0.4, -0.2) is 16.5 Å². The predicted molar refractivity (Wildman–Crippen MR) is 116 cm³/mol. The molecule has 0 aliphatic carbocycles. The first-order valence-corrected chi connectivity index (χ1v) is 9.41. The van der Waals surface area contributed by atoms with Crippen molar-refractivity contribution in [1.82, 2.24) is 9.97 Å². The summed E-state index contributed by atoms with van der Waals surface area (Å²) in [6, 6.07) is 14.7. The van der Waals surface area contributed by atoms with E-state index >= 15 is 0 Å². The highest BCUT2D eigenvalue weighted by Crippen LogP contribution is 2.32. The van der Waals surface area contributed by atoms with Gasteiger partial charge in [-0.25, -0.2) is 9.37 Å². The number of hydrogen-bond donors (Lipinski definition) is 2. The molecule has 0 bridgehead atoms. The van der Waals surface area contributed by atoms with Gasteiger partial charge in [-0.05, 0) is 36.9 Å². The van der Waals surface area contributed by atoms with Crippen LogP contribution in [0.25, 0.3) is 11.3 Å². The molecule has 30 heavy (non-hydrogen) atoms. The maximum absolute atomic E-state index is 13.5. The summed E-state index contributed by atoms with van der Waals surface area (Å²) in [4.78, 5) is 10.7. The second kappa shape index (κ2) is 8.45. The lowest BCUT2D eigenvalue weighted by molar-refractivity contribution is 0.622. The molecular weight excluding hydrogens is 379 g/mol.